The number of hydrogen-bond donors (Lipinski definition) is 0. The van der Waals surface area contributed by atoms with Crippen LogP contribution in [-0.4, -0.2) is 4.98 Å². The SMILES string of the molecule is Fc1cc(F)cc(-c2ccccn2)c1. The van der Waals surface area contributed by atoms with E-state index in [1.807, 2.05) is 0 Å². The van der Waals surface area contributed by atoms with Crippen LogP contribution >= 0.6 is 0 Å². The molecule has 0 aliphatic heterocycles. The Morgan fingerprint density at radius 3 is 2.21 bits per heavy atom. The zero-order chi connectivity index (χ0) is 9.97. The third-order valence-electron chi connectivity index (χ3n) is 1.82. The maximum atomic E-state index is 12.8. The van der Waals surface area contributed by atoms with E-state index in [4.69, 9.17) is 0 Å². The lowest BCUT2D eigenvalue weighted by Crippen LogP contribution is -1.86. The summed E-state index contributed by atoms with van der Waals surface area (Å²) in [4.78, 5) is 4.00. The molecule has 1 nitrogen and oxygen atoms in total. The number of halogens is 2. The van der Waals surface area contributed by atoms with Gasteiger partial charge in [0.15, 0.2) is 0 Å². The van der Waals surface area contributed by atoms with Crippen LogP contribution in [0.3, 0.4) is 0 Å². The zero-order valence-corrected chi connectivity index (χ0v) is 7.24. The summed E-state index contributed by atoms with van der Waals surface area (Å²) in [5, 5.41) is 0. The van der Waals surface area contributed by atoms with Gasteiger partial charge in [-0.2, -0.15) is 0 Å². The molecule has 1 aromatic carbocycles. The number of pyridine rings is 1. The second kappa shape index (κ2) is 3.54. The van der Waals surface area contributed by atoms with E-state index in [9.17, 15) is 8.78 Å². The first-order valence-corrected chi connectivity index (χ1v) is 4.13. The van der Waals surface area contributed by atoms with Crippen LogP contribution in [0, 0.1) is 11.6 Å². The van der Waals surface area contributed by atoms with Gasteiger partial charge in [0.2, 0.25) is 0 Å². The summed E-state index contributed by atoms with van der Waals surface area (Å²) in [6.45, 7) is 0. The highest BCUT2D eigenvalue weighted by Crippen LogP contribution is 2.18. The molecule has 0 amide bonds. The van der Waals surface area contributed by atoms with Crippen LogP contribution in [0.5, 0.6) is 0 Å². The largest absolute Gasteiger partial charge is 0.256 e. The van der Waals surface area contributed by atoms with Gasteiger partial charge in [-0.15, -0.1) is 0 Å². The fraction of sp³-hybridized carbons (Fsp3) is 0. The van der Waals surface area contributed by atoms with Crippen LogP contribution in [-0.2, 0) is 0 Å². The van der Waals surface area contributed by atoms with Gasteiger partial charge in [0.05, 0.1) is 5.69 Å². The molecule has 0 fully saturated rings. The maximum absolute atomic E-state index is 12.8. The number of nitrogens with zero attached hydrogens (tertiary/aromatic N) is 1. The molecule has 0 aliphatic carbocycles. The summed E-state index contributed by atoms with van der Waals surface area (Å²) in [6, 6.07) is 8.57. The van der Waals surface area contributed by atoms with Crippen LogP contribution in [0.25, 0.3) is 11.3 Å². The topological polar surface area (TPSA) is 12.9 Å². The smallest absolute Gasteiger partial charge is 0.126 e. The Hall–Kier alpha value is -1.77. The van der Waals surface area contributed by atoms with Gasteiger partial charge in [-0.1, -0.05) is 6.07 Å². The number of benzene rings is 1. The normalized spacial score (nSPS) is 10.1. The lowest BCUT2D eigenvalue weighted by atomic mass is 10.1. The number of rotatable bonds is 1. The quantitative estimate of drug-likeness (QED) is 0.675. The Bertz CT molecular complexity index is 420. The molecule has 0 spiro atoms. The Morgan fingerprint density at radius 1 is 0.929 bits per heavy atom. The minimum atomic E-state index is -0.592. The van der Waals surface area contributed by atoms with Crippen molar-refractivity contribution in [2.75, 3.05) is 0 Å². The predicted octanol–water partition coefficient (Wildman–Crippen LogP) is 3.03. The van der Waals surface area contributed by atoms with Crippen molar-refractivity contribution in [1.29, 1.82) is 0 Å². The molecule has 3 heteroatoms. The average Bonchev–Trinajstić information content (AvgIpc) is 2.18. The fourth-order valence-corrected chi connectivity index (χ4v) is 1.24. The summed E-state index contributed by atoms with van der Waals surface area (Å²) in [5.41, 5.74) is 1.01. The maximum Gasteiger partial charge on any atom is 0.126 e. The molecule has 0 saturated heterocycles. The van der Waals surface area contributed by atoms with Crippen molar-refractivity contribution >= 4 is 0 Å². The lowest BCUT2D eigenvalue weighted by Gasteiger charge is -2.00. The van der Waals surface area contributed by atoms with E-state index in [-0.39, 0.29) is 0 Å². The molecule has 2 rings (SSSR count). The highest BCUT2D eigenvalue weighted by Gasteiger charge is 2.02. The Kier molecular flexibility index (Phi) is 2.23. The van der Waals surface area contributed by atoms with E-state index >= 15 is 0 Å². The molecule has 0 atom stereocenters. The van der Waals surface area contributed by atoms with Crippen molar-refractivity contribution < 1.29 is 8.78 Å². The summed E-state index contributed by atoms with van der Waals surface area (Å²) in [6.07, 6.45) is 1.58. The summed E-state index contributed by atoms with van der Waals surface area (Å²) < 4.78 is 25.7. The fourth-order valence-electron chi connectivity index (χ4n) is 1.24. The van der Waals surface area contributed by atoms with E-state index in [1.165, 1.54) is 12.1 Å². The van der Waals surface area contributed by atoms with Crippen LogP contribution in [0.1, 0.15) is 0 Å². The minimum absolute atomic E-state index is 0.447. The molecular formula is C11H7F2N. The first-order chi connectivity index (χ1) is 6.75. The highest BCUT2D eigenvalue weighted by atomic mass is 19.1. The van der Waals surface area contributed by atoms with Gasteiger partial charge in [0.25, 0.3) is 0 Å². The summed E-state index contributed by atoms with van der Waals surface area (Å²) >= 11 is 0. The third-order valence-corrected chi connectivity index (χ3v) is 1.82. The van der Waals surface area contributed by atoms with Gasteiger partial charge in [-0.05, 0) is 24.3 Å². The van der Waals surface area contributed by atoms with Gasteiger partial charge in [-0.25, -0.2) is 8.78 Å². The van der Waals surface area contributed by atoms with Crippen molar-refractivity contribution in [3.05, 3.63) is 54.2 Å². The van der Waals surface area contributed by atoms with Crippen LogP contribution in [0.2, 0.25) is 0 Å². The standard InChI is InChI=1S/C11H7F2N/c12-9-5-8(6-10(13)7-9)11-3-1-2-4-14-11/h1-7H. The molecule has 2 aromatic rings. The van der Waals surface area contributed by atoms with Crippen LogP contribution in [0.15, 0.2) is 42.6 Å². The summed E-state index contributed by atoms with van der Waals surface area (Å²) in [5.74, 6) is -1.18. The molecule has 14 heavy (non-hydrogen) atoms. The summed E-state index contributed by atoms with van der Waals surface area (Å²) in [7, 11) is 0. The van der Waals surface area contributed by atoms with E-state index in [2.05, 4.69) is 4.98 Å². The molecule has 70 valence electrons. The predicted molar refractivity (Wildman–Crippen MR) is 49.6 cm³/mol. The van der Waals surface area contributed by atoms with Gasteiger partial charge < -0.3 is 0 Å². The molecule has 0 N–H and O–H groups in total. The number of aromatic nitrogens is 1. The van der Waals surface area contributed by atoms with E-state index < -0.39 is 11.6 Å². The first-order valence-electron chi connectivity index (χ1n) is 4.13. The van der Waals surface area contributed by atoms with Crippen LogP contribution in [0.4, 0.5) is 8.78 Å². The second-order valence-electron chi connectivity index (χ2n) is 2.87. The van der Waals surface area contributed by atoms with Crippen molar-refractivity contribution in [3.8, 4) is 11.3 Å². The molecule has 0 bridgehead atoms. The van der Waals surface area contributed by atoms with Crippen molar-refractivity contribution in [2.24, 2.45) is 0 Å². The monoisotopic (exact) mass is 191 g/mol. The highest BCUT2D eigenvalue weighted by molar-refractivity contribution is 5.58. The molecule has 0 unspecified atom stereocenters. The molecule has 0 aliphatic rings. The Labute approximate surface area is 80.0 Å². The van der Waals surface area contributed by atoms with E-state index in [0.29, 0.717) is 11.3 Å². The molecule has 0 saturated carbocycles. The first kappa shape index (κ1) is 8.81. The molecule has 1 aromatic heterocycles. The van der Waals surface area contributed by atoms with Gasteiger partial charge in [-0.3, -0.25) is 4.98 Å². The van der Waals surface area contributed by atoms with Crippen molar-refractivity contribution in [2.45, 2.75) is 0 Å². The Balaban J connectivity index is 2.52. The van der Waals surface area contributed by atoms with Gasteiger partial charge in [0, 0.05) is 17.8 Å². The molecule has 0 radical (unpaired) electrons. The van der Waals surface area contributed by atoms with Crippen molar-refractivity contribution in [3.63, 3.8) is 0 Å². The van der Waals surface area contributed by atoms with E-state index in [0.717, 1.165) is 6.07 Å². The average molecular weight is 191 g/mol. The Morgan fingerprint density at radius 2 is 1.64 bits per heavy atom. The van der Waals surface area contributed by atoms with Gasteiger partial charge in [0.1, 0.15) is 11.6 Å². The number of hydrogen-bond acceptors (Lipinski definition) is 1. The van der Waals surface area contributed by atoms with Crippen molar-refractivity contribution in [1.82, 2.24) is 4.98 Å². The van der Waals surface area contributed by atoms with E-state index in [1.54, 1.807) is 24.4 Å². The second-order valence-corrected chi connectivity index (χ2v) is 2.87. The third kappa shape index (κ3) is 1.76. The zero-order valence-electron chi connectivity index (χ0n) is 7.24. The lowest BCUT2D eigenvalue weighted by molar-refractivity contribution is 0.584. The molecule has 1 heterocycles. The minimum Gasteiger partial charge on any atom is -0.256 e. The van der Waals surface area contributed by atoms with Gasteiger partial charge >= 0.3 is 0 Å². The van der Waals surface area contributed by atoms with Crippen LogP contribution < -0.4 is 0 Å². The molecular weight excluding hydrogens is 184 g/mol.